The number of H-pyrrole nitrogens is 2. The molecule has 16 nitrogen and oxygen atoms in total. The predicted molar refractivity (Wildman–Crippen MR) is 236 cm³/mol. The summed E-state index contributed by atoms with van der Waals surface area (Å²) in [5, 5.41) is 3.34. The van der Waals surface area contributed by atoms with Gasteiger partial charge in [-0.05, 0) is 136 Å². The van der Waals surface area contributed by atoms with Crippen molar-refractivity contribution in [3.8, 4) is 0 Å². The van der Waals surface area contributed by atoms with Crippen LogP contribution in [-0.4, -0.2) is 224 Å². The summed E-state index contributed by atoms with van der Waals surface area (Å²) in [4.78, 5) is 46.1. The van der Waals surface area contributed by atoms with Crippen LogP contribution in [-0.2, 0) is 19.8 Å². The number of hydrogen-bond donors (Lipinski definition) is 3. The second kappa shape index (κ2) is 28.4. The molecule has 3 fully saturated rings. The predicted octanol–water partition coefficient (Wildman–Crippen LogP) is 2.70. The Hall–Kier alpha value is -3.06. The molecule has 328 valence electrons. The van der Waals surface area contributed by atoms with Gasteiger partial charge in [-0.3, -0.25) is 29.3 Å². The first-order valence-electron chi connectivity index (χ1n) is 20.7. The highest BCUT2D eigenvalue weighted by molar-refractivity contribution is 5.70. The number of likely N-dealkylation sites (tertiary alicyclic amines) is 2. The molecule has 3 saturated heterocycles. The van der Waals surface area contributed by atoms with Crippen LogP contribution in [0.5, 0.6) is 0 Å². The molecule has 0 amide bonds. The highest BCUT2D eigenvalue weighted by Gasteiger charge is 2.22. The van der Waals surface area contributed by atoms with Gasteiger partial charge in [0, 0.05) is 83.6 Å². The van der Waals surface area contributed by atoms with Crippen molar-refractivity contribution in [3.63, 3.8) is 0 Å². The quantitative estimate of drug-likeness (QED) is 0.184. The topological polar surface area (TPSA) is 130 Å². The van der Waals surface area contributed by atoms with E-state index in [0.29, 0.717) is 12.0 Å². The van der Waals surface area contributed by atoms with E-state index in [9.17, 15) is 4.79 Å². The third-order valence-corrected chi connectivity index (χ3v) is 10.3. The van der Waals surface area contributed by atoms with Crippen molar-refractivity contribution in [2.75, 3.05) is 131 Å². The van der Waals surface area contributed by atoms with Gasteiger partial charge in [-0.15, -0.1) is 0 Å². The number of rotatable bonds is 12. The molecular weight excluding hydrogens is 719 g/mol. The first kappa shape index (κ1) is 50.1. The van der Waals surface area contributed by atoms with Crippen molar-refractivity contribution in [3.05, 3.63) is 54.7 Å². The SMILES string of the molecule is CN(C)C1CCN(Cc2cnc[nH]2)CC1.CN(C)C1CCNCC1.CN(C)CN(C)C.CN(C)Cn1cnc(CN2CCC(N(C)C)CC2)c1.O=Cc1cnc[nH]1.[3HH]. The fraction of sp³-hybridized carbons (Fsp3) is 0.756. The number of carbonyl (C=O) groups is 1. The first-order valence-corrected chi connectivity index (χ1v) is 20.7. The highest BCUT2D eigenvalue weighted by atomic mass is 16.1. The molecule has 0 unspecified atom stereocenters. The summed E-state index contributed by atoms with van der Waals surface area (Å²) >= 11 is 0. The van der Waals surface area contributed by atoms with Crippen LogP contribution in [0.3, 0.4) is 0 Å². The largest absolute Gasteiger partial charge is 0.347 e. The van der Waals surface area contributed by atoms with Crippen molar-refractivity contribution in [1.82, 2.24) is 74.0 Å². The molecular formula is C41H83N15O. The maximum absolute atomic E-state index is 9.80. The van der Waals surface area contributed by atoms with Gasteiger partial charge in [-0.2, -0.15) is 0 Å². The van der Waals surface area contributed by atoms with E-state index in [1.807, 2.05) is 12.5 Å². The van der Waals surface area contributed by atoms with Gasteiger partial charge in [-0.1, -0.05) is 0 Å². The summed E-state index contributed by atoms with van der Waals surface area (Å²) in [5.41, 5.74) is 2.92. The number of aldehydes is 1. The molecule has 0 aliphatic carbocycles. The maximum Gasteiger partial charge on any atom is 0.167 e. The number of aromatic amines is 2. The van der Waals surface area contributed by atoms with E-state index in [1.165, 1.54) is 102 Å². The van der Waals surface area contributed by atoms with Gasteiger partial charge in [0.15, 0.2) is 6.29 Å². The average molecular weight is 804 g/mol. The lowest BCUT2D eigenvalue weighted by molar-refractivity contribution is 0.111. The lowest BCUT2D eigenvalue weighted by Gasteiger charge is -2.34. The van der Waals surface area contributed by atoms with Crippen LogP contribution in [0.2, 0.25) is 0 Å². The van der Waals surface area contributed by atoms with Crippen molar-refractivity contribution in [1.29, 1.82) is 0 Å². The molecule has 3 aromatic rings. The molecule has 0 spiro atoms. The van der Waals surface area contributed by atoms with Gasteiger partial charge in [0.1, 0.15) is 0 Å². The molecule has 3 aliphatic rings. The molecule has 3 N–H and O–H groups in total. The second-order valence-electron chi connectivity index (χ2n) is 17.0. The zero-order valence-corrected chi connectivity index (χ0v) is 37.9. The van der Waals surface area contributed by atoms with E-state index in [-0.39, 0.29) is 1.43 Å². The normalized spacial score (nSPS) is 17.5. The number of nitrogens with zero attached hydrogens (tertiary/aromatic N) is 12. The number of imidazole rings is 3. The fourth-order valence-electron chi connectivity index (χ4n) is 7.14. The number of aromatic nitrogens is 6. The second-order valence-corrected chi connectivity index (χ2v) is 17.0. The van der Waals surface area contributed by atoms with Crippen LogP contribution >= 0.6 is 0 Å². The molecule has 3 aliphatic heterocycles. The standard InChI is InChI=1S/C14H27N5.C11H20N4.C7H16N2.C5H14N2.C4H4N2O.H2/c1-16(2)12-19-10-13(15-11-19)9-18-7-5-14(6-8-18)17(3)4;1-14(2)11-3-5-15(6-4-11)8-10-7-12-9-13-10;1-9(2)7-3-5-8-6-4-7;1-6(2)5-7(3)4;7-2-4-1-5-3-6-4;/h10-11,14H,5-9,12H2,1-4H3;7,9,11H,3-6,8H2,1-2H3,(H,12,13);7-8H,3-6H2,1-2H3;5H2,1-4H3;1-3H,(H,5,6);1H/i;;;;;1+2. The Bertz CT molecular complexity index is 1350. The Balaban J connectivity index is 0.000000384. The molecule has 0 aromatic carbocycles. The fourth-order valence-corrected chi connectivity index (χ4v) is 7.14. The summed E-state index contributed by atoms with van der Waals surface area (Å²) in [6.07, 6.45) is 19.1. The van der Waals surface area contributed by atoms with Gasteiger partial charge in [0.2, 0.25) is 0 Å². The van der Waals surface area contributed by atoms with Crippen molar-refractivity contribution < 1.29 is 6.22 Å². The van der Waals surface area contributed by atoms with E-state index in [2.05, 4.69) is 165 Å². The van der Waals surface area contributed by atoms with E-state index in [4.69, 9.17) is 0 Å². The zero-order valence-electron chi connectivity index (χ0n) is 37.9. The van der Waals surface area contributed by atoms with Crippen molar-refractivity contribution >= 4 is 6.29 Å². The summed E-state index contributed by atoms with van der Waals surface area (Å²) in [6, 6.07) is 2.34. The van der Waals surface area contributed by atoms with Crippen LogP contribution in [0.15, 0.2) is 37.6 Å². The Morgan fingerprint density at radius 1 is 0.667 bits per heavy atom. The number of hydrogen-bond acceptors (Lipinski definition) is 13. The molecule has 3 aromatic heterocycles. The highest BCUT2D eigenvalue weighted by Crippen LogP contribution is 2.17. The monoisotopic (exact) mass is 804 g/mol. The zero-order chi connectivity index (χ0) is 42.2. The third kappa shape index (κ3) is 22.6. The van der Waals surface area contributed by atoms with E-state index in [0.717, 1.165) is 44.6 Å². The lowest BCUT2D eigenvalue weighted by Crippen LogP contribution is -2.41. The Morgan fingerprint density at radius 3 is 1.53 bits per heavy atom. The minimum atomic E-state index is 0. The molecule has 57 heavy (non-hydrogen) atoms. The van der Waals surface area contributed by atoms with Crippen LogP contribution in [0.1, 0.15) is 61.8 Å². The number of nitrogens with one attached hydrogen (secondary N) is 3. The molecule has 16 heteroatoms. The first-order chi connectivity index (χ1) is 27.2. The summed E-state index contributed by atoms with van der Waals surface area (Å²) in [6.45, 7) is 11.1. The van der Waals surface area contributed by atoms with Gasteiger partial charge in [-0.25, -0.2) is 15.0 Å². The van der Waals surface area contributed by atoms with Gasteiger partial charge in [0.25, 0.3) is 0 Å². The summed E-state index contributed by atoms with van der Waals surface area (Å²) < 4.78 is 2.14. The maximum atomic E-state index is 9.80. The van der Waals surface area contributed by atoms with Crippen molar-refractivity contribution in [2.45, 2.75) is 76.4 Å². The van der Waals surface area contributed by atoms with Crippen LogP contribution in [0.25, 0.3) is 0 Å². The lowest BCUT2D eigenvalue weighted by atomic mass is 10.0. The average Bonchev–Trinajstić information content (AvgIpc) is 3.98. The van der Waals surface area contributed by atoms with Crippen LogP contribution in [0.4, 0.5) is 0 Å². The van der Waals surface area contributed by atoms with Gasteiger partial charge in [0.05, 0.1) is 43.2 Å². The molecule has 6 rings (SSSR count). The number of carbonyl (C=O) groups excluding carboxylic acids is 1. The molecule has 0 bridgehead atoms. The van der Waals surface area contributed by atoms with E-state index >= 15 is 0 Å². The van der Waals surface area contributed by atoms with E-state index < -0.39 is 0 Å². The summed E-state index contributed by atoms with van der Waals surface area (Å²) in [5.74, 6) is 0. The minimum absolute atomic E-state index is 0. The van der Waals surface area contributed by atoms with Crippen molar-refractivity contribution in [2.24, 2.45) is 0 Å². The molecule has 0 saturated carbocycles. The summed E-state index contributed by atoms with van der Waals surface area (Å²) in [7, 11) is 25.4. The smallest absolute Gasteiger partial charge is 0.167 e. The van der Waals surface area contributed by atoms with Gasteiger partial charge < -0.3 is 34.6 Å². The minimum Gasteiger partial charge on any atom is -0.347 e. The Labute approximate surface area is 347 Å². The molecule has 0 atom stereocenters. The Morgan fingerprint density at radius 2 is 1.16 bits per heavy atom. The van der Waals surface area contributed by atoms with E-state index in [1.54, 1.807) is 6.33 Å². The van der Waals surface area contributed by atoms with Gasteiger partial charge >= 0.3 is 0 Å². The van der Waals surface area contributed by atoms with Crippen LogP contribution < -0.4 is 5.32 Å². The molecule has 0 radical (unpaired) electrons. The Kier molecular flexibility index (Phi) is 24.9. The third-order valence-electron chi connectivity index (χ3n) is 10.3. The number of piperidine rings is 3. The van der Waals surface area contributed by atoms with Crippen LogP contribution in [0, 0.1) is 0 Å². The molecule has 6 heterocycles.